The van der Waals surface area contributed by atoms with Crippen LogP contribution in [0.4, 0.5) is 0 Å². The molecule has 0 aliphatic heterocycles. The van der Waals surface area contributed by atoms with E-state index in [-0.39, 0.29) is 0 Å². The van der Waals surface area contributed by atoms with Crippen LogP contribution in [-0.2, 0) is 0 Å². The predicted octanol–water partition coefficient (Wildman–Crippen LogP) is 2.04. The molecule has 4 nitrogen and oxygen atoms in total. The largest absolute Gasteiger partial charge is 0.251 e. The highest BCUT2D eigenvalue weighted by molar-refractivity contribution is 9.10. The van der Waals surface area contributed by atoms with Gasteiger partial charge >= 0.3 is 0 Å². The first-order valence-electron chi connectivity index (χ1n) is 4.19. The van der Waals surface area contributed by atoms with Gasteiger partial charge in [0.2, 0.25) is 0 Å². The molecule has 0 fully saturated rings. The van der Waals surface area contributed by atoms with E-state index in [1.165, 1.54) is 0 Å². The van der Waals surface area contributed by atoms with Crippen molar-refractivity contribution in [2.45, 2.75) is 13.8 Å². The second kappa shape index (κ2) is 3.49. The number of hydrogen-bond donors (Lipinski definition) is 0. The third-order valence-corrected chi connectivity index (χ3v) is 2.25. The van der Waals surface area contributed by atoms with Crippen LogP contribution in [0.25, 0.3) is 5.95 Å². The molecule has 2 aromatic rings. The van der Waals surface area contributed by atoms with Crippen molar-refractivity contribution in [3.05, 3.63) is 34.3 Å². The van der Waals surface area contributed by atoms with Gasteiger partial charge < -0.3 is 0 Å². The van der Waals surface area contributed by atoms with Crippen LogP contribution in [0.5, 0.6) is 0 Å². The van der Waals surface area contributed by atoms with Crippen LogP contribution >= 0.6 is 15.9 Å². The summed E-state index contributed by atoms with van der Waals surface area (Å²) in [5, 5.41) is 4.29. The lowest BCUT2D eigenvalue weighted by Gasteiger charge is -2.01. The second-order valence-electron chi connectivity index (χ2n) is 3.02. The highest BCUT2D eigenvalue weighted by Gasteiger charge is 2.05. The van der Waals surface area contributed by atoms with Crippen LogP contribution in [0.1, 0.15) is 11.4 Å². The van der Waals surface area contributed by atoms with E-state index in [0.717, 1.165) is 16.0 Å². The summed E-state index contributed by atoms with van der Waals surface area (Å²) in [4.78, 5) is 8.37. The van der Waals surface area contributed by atoms with Crippen LogP contribution < -0.4 is 0 Å². The molecule has 0 aliphatic carbocycles. The van der Waals surface area contributed by atoms with E-state index >= 15 is 0 Å². The fraction of sp³-hybridized carbons (Fsp3) is 0.222. The fourth-order valence-corrected chi connectivity index (χ4v) is 1.54. The van der Waals surface area contributed by atoms with E-state index in [1.807, 2.05) is 19.9 Å². The molecule has 0 unspecified atom stereocenters. The van der Waals surface area contributed by atoms with Gasteiger partial charge in [-0.1, -0.05) is 0 Å². The molecule has 0 aliphatic rings. The van der Waals surface area contributed by atoms with Gasteiger partial charge in [0, 0.05) is 11.9 Å². The summed E-state index contributed by atoms with van der Waals surface area (Å²) in [5.41, 5.74) is 1.99. The number of rotatable bonds is 1. The van der Waals surface area contributed by atoms with Gasteiger partial charge in [-0.25, -0.2) is 14.6 Å². The van der Waals surface area contributed by atoms with Crippen LogP contribution in [0, 0.1) is 13.8 Å². The highest BCUT2D eigenvalue weighted by atomic mass is 79.9. The molecule has 0 saturated heterocycles. The van der Waals surface area contributed by atoms with E-state index in [2.05, 4.69) is 31.0 Å². The number of hydrogen-bond acceptors (Lipinski definition) is 3. The Kier molecular flexibility index (Phi) is 2.33. The summed E-state index contributed by atoms with van der Waals surface area (Å²) in [7, 11) is 0. The third kappa shape index (κ3) is 1.68. The molecule has 5 heteroatoms. The first-order valence-corrected chi connectivity index (χ1v) is 4.98. The summed E-state index contributed by atoms with van der Waals surface area (Å²) < 4.78 is 2.48. The van der Waals surface area contributed by atoms with Crippen molar-refractivity contribution in [1.82, 2.24) is 19.7 Å². The molecule has 0 spiro atoms. The molecule has 2 heterocycles. The summed E-state index contributed by atoms with van der Waals surface area (Å²) >= 11 is 3.30. The van der Waals surface area contributed by atoms with E-state index < -0.39 is 0 Å². The van der Waals surface area contributed by atoms with Gasteiger partial charge in [-0.05, 0) is 41.9 Å². The zero-order valence-corrected chi connectivity index (χ0v) is 9.48. The van der Waals surface area contributed by atoms with E-state index in [9.17, 15) is 0 Å². The molecular formula is C9H9BrN4. The monoisotopic (exact) mass is 252 g/mol. The van der Waals surface area contributed by atoms with Gasteiger partial charge in [-0.15, -0.1) is 0 Å². The van der Waals surface area contributed by atoms with Crippen molar-refractivity contribution >= 4 is 15.9 Å². The van der Waals surface area contributed by atoms with Crippen LogP contribution in [0.3, 0.4) is 0 Å². The third-order valence-electron chi connectivity index (χ3n) is 1.81. The average molecular weight is 253 g/mol. The van der Waals surface area contributed by atoms with Gasteiger partial charge in [0.25, 0.3) is 5.95 Å². The molecule has 0 saturated carbocycles. The maximum absolute atomic E-state index is 4.29. The average Bonchev–Trinajstić information content (AvgIpc) is 2.45. The number of nitrogens with zero attached hydrogens (tertiary/aromatic N) is 4. The zero-order chi connectivity index (χ0) is 10.1. The van der Waals surface area contributed by atoms with Gasteiger partial charge in [-0.2, -0.15) is 5.10 Å². The minimum absolute atomic E-state index is 0.588. The summed E-state index contributed by atoms with van der Waals surface area (Å²) in [6.07, 6.45) is 1.70. The lowest BCUT2D eigenvalue weighted by atomic mass is 10.4. The molecule has 0 amide bonds. The van der Waals surface area contributed by atoms with Crippen LogP contribution in [0.15, 0.2) is 22.9 Å². The van der Waals surface area contributed by atoms with Crippen molar-refractivity contribution in [2.24, 2.45) is 0 Å². The molecule has 0 bridgehead atoms. The lowest BCUT2D eigenvalue weighted by Crippen LogP contribution is -2.04. The first-order chi connectivity index (χ1) is 6.66. The molecule has 2 rings (SSSR count). The van der Waals surface area contributed by atoms with Crippen molar-refractivity contribution in [1.29, 1.82) is 0 Å². The molecule has 0 aromatic carbocycles. The molecular weight excluding hydrogens is 244 g/mol. The van der Waals surface area contributed by atoms with Gasteiger partial charge in [0.1, 0.15) is 4.60 Å². The van der Waals surface area contributed by atoms with E-state index in [4.69, 9.17) is 0 Å². The van der Waals surface area contributed by atoms with Gasteiger partial charge in [0.05, 0.1) is 5.69 Å². The Morgan fingerprint density at radius 2 is 2.14 bits per heavy atom. The minimum atomic E-state index is 0.588. The quantitative estimate of drug-likeness (QED) is 0.730. The number of aryl methyl sites for hydroxylation is 2. The van der Waals surface area contributed by atoms with Crippen molar-refractivity contribution in [3.63, 3.8) is 0 Å². The Morgan fingerprint density at radius 3 is 2.71 bits per heavy atom. The zero-order valence-electron chi connectivity index (χ0n) is 7.90. The Bertz CT molecular complexity index is 464. The fourth-order valence-electron chi connectivity index (χ4n) is 1.26. The van der Waals surface area contributed by atoms with Crippen LogP contribution in [0.2, 0.25) is 0 Å². The normalized spacial score (nSPS) is 10.5. The summed E-state index contributed by atoms with van der Waals surface area (Å²) in [6.45, 7) is 3.92. The molecule has 0 atom stereocenters. The van der Waals surface area contributed by atoms with Crippen molar-refractivity contribution in [3.8, 4) is 5.95 Å². The summed E-state index contributed by atoms with van der Waals surface area (Å²) in [6, 6.07) is 3.78. The Morgan fingerprint density at radius 1 is 1.36 bits per heavy atom. The number of halogens is 1. The Balaban J connectivity index is 2.54. The predicted molar refractivity (Wildman–Crippen MR) is 56.3 cm³/mol. The maximum Gasteiger partial charge on any atom is 0.251 e. The lowest BCUT2D eigenvalue weighted by molar-refractivity contribution is 0.770. The van der Waals surface area contributed by atoms with E-state index in [1.54, 1.807) is 16.9 Å². The second-order valence-corrected chi connectivity index (χ2v) is 3.83. The maximum atomic E-state index is 4.29. The minimum Gasteiger partial charge on any atom is -0.220 e. The highest BCUT2D eigenvalue weighted by Crippen LogP contribution is 2.10. The number of aromatic nitrogens is 4. The molecule has 0 N–H and O–H groups in total. The molecule has 72 valence electrons. The van der Waals surface area contributed by atoms with Gasteiger partial charge in [0.15, 0.2) is 0 Å². The topological polar surface area (TPSA) is 43.6 Å². The molecule has 2 aromatic heterocycles. The SMILES string of the molecule is Cc1cc(C)n(-c2nccc(Br)n2)n1. The molecule has 0 radical (unpaired) electrons. The van der Waals surface area contributed by atoms with Gasteiger partial charge in [-0.3, -0.25) is 0 Å². The Hall–Kier alpha value is -1.23. The molecule has 14 heavy (non-hydrogen) atoms. The Labute approximate surface area is 90.1 Å². The van der Waals surface area contributed by atoms with Crippen molar-refractivity contribution in [2.75, 3.05) is 0 Å². The van der Waals surface area contributed by atoms with E-state index in [0.29, 0.717) is 5.95 Å². The van der Waals surface area contributed by atoms with Crippen LogP contribution in [-0.4, -0.2) is 19.7 Å². The summed E-state index contributed by atoms with van der Waals surface area (Å²) in [5.74, 6) is 0.588. The van der Waals surface area contributed by atoms with Crippen molar-refractivity contribution < 1.29 is 0 Å². The standard InChI is InChI=1S/C9H9BrN4/c1-6-5-7(2)14(13-6)9-11-4-3-8(10)12-9/h3-5H,1-2H3. The smallest absolute Gasteiger partial charge is 0.220 e. The first kappa shape index (κ1) is 9.33.